The van der Waals surface area contributed by atoms with Gasteiger partial charge in [-0.2, -0.15) is 0 Å². The molecule has 2 heteroatoms. The standard InChI is InChI=1S/C9H19NO.C2H6/c1-5-6-7-8(2)10(4)9(3)11;1-2/h8H,5-7H2,1-4H3;1-2H3. The number of amides is 1. The minimum absolute atomic E-state index is 0.161. The zero-order chi connectivity index (χ0) is 10.9. The van der Waals surface area contributed by atoms with Gasteiger partial charge in [0.2, 0.25) is 5.91 Å². The van der Waals surface area contributed by atoms with Gasteiger partial charge in [0.15, 0.2) is 0 Å². The van der Waals surface area contributed by atoms with E-state index in [1.807, 2.05) is 20.9 Å². The number of hydrogen-bond acceptors (Lipinski definition) is 1. The van der Waals surface area contributed by atoms with E-state index in [4.69, 9.17) is 0 Å². The second-order valence-electron chi connectivity index (χ2n) is 3.12. The maximum Gasteiger partial charge on any atom is 0.219 e. The van der Waals surface area contributed by atoms with Crippen molar-refractivity contribution in [2.75, 3.05) is 7.05 Å². The molecule has 2 nitrogen and oxygen atoms in total. The van der Waals surface area contributed by atoms with E-state index < -0.39 is 0 Å². The van der Waals surface area contributed by atoms with Crippen LogP contribution in [0.3, 0.4) is 0 Å². The number of rotatable bonds is 4. The summed E-state index contributed by atoms with van der Waals surface area (Å²) in [6, 6.07) is 0.396. The number of unbranched alkanes of at least 4 members (excludes halogenated alkanes) is 1. The van der Waals surface area contributed by atoms with Crippen molar-refractivity contribution < 1.29 is 4.79 Å². The monoisotopic (exact) mass is 187 g/mol. The maximum atomic E-state index is 10.9. The lowest BCUT2D eigenvalue weighted by molar-refractivity contribution is -0.129. The van der Waals surface area contributed by atoms with E-state index in [1.54, 1.807) is 11.8 Å². The Bertz CT molecular complexity index is 123. The molecule has 0 heterocycles. The van der Waals surface area contributed by atoms with E-state index in [0.29, 0.717) is 6.04 Å². The Balaban J connectivity index is 0. The Morgan fingerprint density at radius 2 is 1.85 bits per heavy atom. The lowest BCUT2D eigenvalue weighted by Crippen LogP contribution is -2.32. The van der Waals surface area contributed by atoms with Crippen molar-refractivity contribution in [2.24, 2.45) is 0 Å². The first-order valence-corrected chi connectivity index (χ1v) is 5.33. The molecule has 0 radical (unpaired) electrons. The highest BCUT2D eigenvalue weighted by atomic mass is 16.2. The molecule has 0 saturated carbocycles. The van der Waals surface area contributed by atoms with Gasteiger partial charge in [0.25, 0.3) is 0 Å². The minimum atomic E-state index is 0.161. The van der Waals surface area contributed by atoms with Crippen molar-refractivity contribution in [1.29, 1.82) is 0 Å². The van der Waals surface area contributed by atoms with Crippen LogP contribution in [0.1, 0.15) is 53.9 Å². The van der Waals surface area contributed by atoms with Crippen LogP contribution in [0.2, 0.25) is 0 Å². The fourth-order valence-corrected chi connectivity index (χ4v) is 1.00. The molecule has 0 aliphatic rings. The van der Waals surface area contributed by atoms with Crippen molar-refractivity contribution in [3.63, 3.8) is 0 Å². The average molecular weight is 187 g/mol. The lowest BCUT2D eigenvalue weighted by atomic mass is 10.1. The smallest absolute Gasteiger partial charge is 0.219 e. The molecule has 80 valence electrons. The Labute approximate surface area is 83.3 Å². The maximum absolute atomic E-state index is 10.9. The molecular weight excluding hydrogens is 162 g/mol. The zero-order valence-corrected chi connectivity index (χ0v) is 10.1. The van der Waals surface area contributed by atoms with E-state index in [9.17, 15) is 4.79 Å². The van der Waals surface area contributed by atoms with Crippen molar-refractivity contribution in [3.05, 3.63) is 0 Å². The molecule has 0 aliphatic heterocycles. The van der Waals surface area contributed by atoms with Crippen LogP contribution in [-0.4, -0.2) is 23.9 Å². The quantitative estimate of drug-likeness (QED) is 0.662. The van der Waals surface area contributed by atoms with Gasteiger partial charge in [-0.15, -0.1) is 0 Å². The van der Waals surface area contributed by atoms with E-state index >= 15 is 0 Å². The predicted octanol–water partition coefficient (Wildman–Crippen LogP) is 3.07. The summed E-state index contributed by atoms with van der Waals surface area (Å²) in [5.74, 6) is 0.161. The van der Waals surface area contributed by atoms with Gasteiger partial charge in [0.1, 0.15) is 0 Å². The summed E-state index contributed by atoms with van der Waals surface area (Å²) in [6.45, 7) is 9.87. The van der Waals surface area contributed by atoms with Crippen molar-refractivity contribution in [2.45, 2.75) is 59.9 Å². The van der Waals surface area contributed by atoms with Crippen LogP contribution in [0.25, 0.3) is 0 Å². The molecule has 0 N–H and O–H groups in total. The van der Waals surface area contributed by atoms with E-state index in [-0.39, 0.29) is 5.91 Å². The molecule has 0 aromatic carbocycles. The summed E-state index contributed by atoms with van der Waals surface area (Å²) in [5.41, 5.74) is 0. The number of hydrogen-bond donors (Lipinski definition) is 0. The van der Waals surface area contributed by atoms with Gasteiger partial charge in [-0.25, -0.2) is 0 Å². The van der Waals surface area contributed by atoms with E-state index in [2.05, 4.69) is 13.8 Å². The van der Waals surface area contributed by atoms with Crippen molar-refractivity contribution in [3.8, 4) is 0 Å². The minimum Gasteiger partial charge on any atom is -0.343 e. The summed E-state index contributed by atoms with van der Waals surface area (Å²) in [6.07, 6.45) is 3.53. The molecule has 0 saturated heterocycles. The molecule has 0 bridgehead atoms. The van der Waals surface area contributed by atoms with Crippen LogP contribution in [-0.2, 0) is 4.79 Å². The molecule has 1 atom stereocenters. The third-order valence-corrected chi connectivity index (χ3v) is 2.13. The number of carbonyl (C=O) groups excluding carboxylic acids is 1. The molecule has 0 spiro atoms. The predicted molar refractivity (Wildman–Crippen MR) is 58.8 cm³/mol. The largest absolute Gasteiger partial charge is 0.343 e. The number of carbonyl (C=O) groups is 1. The highest BCUT2D eigenvalue weighted by Crippen LogP contribution is 2.05. The first-order valence-electron chi connectivity index (χ1n) is 5.33. The fourth-order valence-electron chi connectivity index (χ4n) is 1.00. The number of nitrogens with zero attached hydrogens (tertiary/aromatic N) is 1. The summed E-state index contributed by atoms with van der Waals surface area (Å²) >= 11 is 0. The topological polar surface area (TPSA) is 20.3 Å². The molecule has 0 aliphatic carbocycles. The van der Waals surface area contributed by atoms with Gasteiger partial charge >= 0.3 is 0 Å². The van der Waals surface area contributed by atoms with Gasteiger partial charge in [-0.05, 0) is 13.3 Å². The van der Waals surface area contributed by atoms with Crippen molar-refractivity contribution in [1.82, 2.24) is 4.90 Å². The highest BCUT2D eigenvalue weighted by molar-refractivity contribution is 5.73. The Kier molecular flexibility index (Phi) is 11.0. The molecule has 0 aromatic rings. The summed E-state index contributed by atoms with van der Waals surface area (Å²) in [4.78, 5) is 12.7. The summed E-state index contributed by atoms with van der Waals surface area (Å²) in [5, 5.41) is 0. The van der Waals surface area contributed by atoms with Crippen LogP contribution in [0.15, 0.2) is 0 Å². The van der Waals surface area contributed by atoms with Gasteiger partial charge in [0.05, 0.1) is 0 Å². The molecule has 0 rings (SSSR count). The highest BCUT2D eigenvalue weighted by Gasteiger charge is 2.09. The third kappa shape index (κ3) is 7.82. The molecular formula is C11H25NO. The SMILES string of the molecule is CC.CCCCC(C)N(C)C(C)=O. The summed E-state index contributed by atoms with van der Waals surface area (Å²) in [7, 11) is 1.86. The first-order chi connectivity index (χ1) is 6.09. The van der Waals surface area contributed by atoms with Gasteiger partial charge in [-0.3, -0.25) is 4.79 Å². The van der Waals surface area contributed by atoms with Gasteiger partial charge in [-0.1, -0.05) is 33.6 Å². The van der Waals surface area contributed by atoms with Crippen LogP contribution >= 0.6 is 0 Å². The van der Waals surface area contributed by atoms with Crippen molar-refractivity contribution >= 4 is 5.91 Å². The average Bonchev–Trinajstić information content (AvgIpc) is 2.16. The van der Waals surface area contributed by atoms with Crippen LogP contribution < -0.4 is 0 Å². The van der Waals surface area contributed by atoms with Gasteiger partial charge in [0, 0.05) is 20.0 Å². The van der Waals surface area contributed by atoms with E-state index in [1.165, 1.54) is 12.8 Å². The normalized spacial score (nSPS) is 11.2. The molecule has 1 amide bonds. The third-order valence-electron chi connectivity index (χ3n) is 2.13. The fraction of sp³-hybridized carbons (Fsp3) is 0.909. The van der Waals surface area contributed by atoms with Crippen LogP contribution in [0, 0.1) is 0 Å². The summed E-state index contributed by atoms with van der Waals surface area (Å²) < 4.78 is 0. The second-order valence-corrected chi connectivity index (χ2v) is 3.12. The molecule has 13 heavy (non-hydrogen) atoms. The second kappa shape index (κ2) is 9.56. The molecule has 0 aromatic heterocycles. The Morgan fingerprint density at radius 1 is 1.38 bits per heavy atom. The zero-order valence-electron chi connectivity index (χ0n) is 10.1. The van der Waals surface area contributed by atoms with Crippen LogP contribution in [0.5, 0.6) is 0 Å². The Morgan fingerprint density at radius 3 is 2.15 bits per heavy atom. The molecule has 1 unspecified atom stereocenters. The van der Waals surface area contributed by atoms with Gasteiger partial charge < -0.3 is 4.90 Å². The van der Waals surface area contributed by atoms with Crippen LogP contribution in [0.4, 0.5) is 0 Å². The van der Waals surface area contributed by atoms with E-state index in [0.717, 1.165) is 6.42 Å². The Hall–Kier alpha value is -0.530. The lowest BCUT2D eigenvalue weighted by Gasteiger charge is -2.23. The molecule has 0 fully saturated rings. The first kappa shape index (κ1) is 15.0.